The molecule has 0 aliphatic carbocycles. The number of hydrogen-bond donors (Lipinski definition) is 1. The predicted molar refractivity (Wildman–Crippen MR) is 164 cm³/mol. The molecule has 1 N–H and O–H groups in total. The first-order valence-electron chi connectivity index (χ1n) is 15.4. The van der Waals surface area contributed by atoms with Gasteiger partial charge in [-0.1, -0.05) is 44.0 Å². The van der Waals surface area contributed by atoms with Crippen LogP contribution in [0.5, 0.6) is 5.75 Å². The van der Waals surface area contributed by atoms with Gasteiger partial charge in [0.2, 0.25) is 5.91 Å². The van der Waals surface area contributed by atoms with E-state index in [9.17, 15) is 37.9 Å². The number of fused-ring (bicyclic) bond motifs is 1. The summed E-state index contributed by atoms with van der Waals surface area (Å²) < 4.78 is 45.8. The van der Waals surface area contributed by atoms with Crippen molar-refractivity contribution in [2.45, 2.75) is 71.1 Å². The summed E-state index contributed by atoms with van der Waals surface area (Å²) in [6, 6.07) is 14.8. The van der Waals surface area contributed by atoms with Gasteiger partial charge in [-0.3, -0.25) is 9.59 Å². The first-order chi connectivity index (χ1) is 22.0. The molecule has 1 aliphatic rings. The van der Waals surface area contributed by atoms with Crippen LogP contribution in [0.4, 0.5) is 19.0 Å². The van der Waals surface area contributed by atoms with Gasteiger partial charge >= 0.3 is 18.1 Å². The van der Waals surface area contributed by atoms with Gasteiger partial charge in [0.15, 0.2) is 0 Å². The first-order valence-corrected chi connectivity index (χ1v) is 15.4. The van der Waals surface area contributed by atoms with Gasteiger partial charge in [0.25, 0.3) is 5.82 Å². The molecule has 0 spiro atoms. The van der Waals surface area contributed by atoms with Crippen LogP contribution in [0.25, 0.3) is 0 Å². The highest BCUT2D eigenvalue weighted by Crippen LogP contribution is 2.31. The van der Waals surface area contributed by atoms with Crippen molar-refractivity contribution in [3.63, 3.8) is 0 Å². The van der Waals surface area contributed by atoms with E-state index >= 15 is 0 Å². The van der Waals surface area contributed by atoms with Crippen molar-refractivity contribution in [2.24, 2.45) is 5.92 Å². The molecular formula is C34H38F3N3O6. The van der Waals surface area contributed by atoms with E-state index in [0.29, 0.717) is 28.9 Å². The Kier molecular flexibility index (Phi) is 11.6. The second-order valence-corrected chi connectivity index (χ2v) is 11.4. The monoisotopic (exact) mass is 641 g/mol. The Labute approximate surface area is 265 Å². The highest BCUT2D eigenvalue weighted by molar-refractivity contribution is 5.91. The molecule has 1 aliphatic heterocycles. The summed E-state index contributed by atoms with van der Waals surface area (Å²) in [6.07, 6.45) is 0.0670. The number of alkyl halides is 3. The minimum atomic E-state index is -4.49. The Morgan fingerprint density at radius 1 is 1.07 bits per heavy atom. The lowest BCUT2D eigenvalue weighted by atomic mass is 9.94. The number of hydrogen-bond acceptors (Lipinski definition) is 5. The number of amides is 2. The average molecular weight is 642 g/mol. The van der Waals surface area contributed by atoms with Crippen LogP contribution < -0.4 is 14.4 Å². The number of aromatic nitrogens is 1. The molecule has 246 valence electrons. The molecule has 0 saturated heterocycles. The minimum absolute atomic E-state index is 0.0128. The van der Waals surface area contributed by atoms with Gasteiger partial charge in [-0.25, -0.2) is 9.52 Å². The number of carbonyl (C=O) groups is 3. The SMILES string of the molecule is CCCCCC(=O)N(CCCOc1ccc2c(c1)CN(Cc1ccc(C(F)(F)F)cc1)C(=O)[C@@H](CC(=O)O)C2)c1cccc[n+]1[O-]. The molecule has 0 saturated carbocycles. The number of halogens is 3. The van der Waals surface area contributed by atoms with Crippen LogP contribution in [-0.4, -0.2) is 40.9 Å². The topological polar surface area (TPSA) is 114 Å². The van der Waals surface area contributed by atoms with E-state index in [4.69, 9.17) is 4.74 Å². The van der Waals surface area contributed by atoms with Crippen molar-refractivity contribution in [3.05, 3.63) is 94.3 Å². The summed E-state index contributed by atoms with van der Waals surface area (Å²) in [5, 5.41) is 21.8. The van der Waals surface area contributed by atoms with Crippen LogP contribution in [0, 0.1) is 11.1 Å². The number of carbonyl (C=O) groups excluding carboxylic acids is 2. The molecule has 0 radical (unpaired) electrons. The fourth-order valence-electron chi connectivity index (χ4n) is 5.53. The summed E-state index contributed by atoms with van der Waals surface area (Å²) in [4.78, 5) is 40.9. The van der Waals surface area contributed by atoms with Crippen molar-refractivity contribution < 1.29 is 42.1 Å². The number of nitrogens with zero attached hydrogens (tertiary/aromatic N) is 3. The van der Waals surface area contributed by atoms with Gasteiger partial charge in [0.05, 0.1) is 37.3 Å². The third kappa shape index (κ3) is 9.21. The number of rotatable bonds is 14. The molecule has 0 fully saturated rings. The molecule has 1 aromatic heterocycles. The van der Waals surface area contributed by atoms with E-state index in [1.807, 2.05) is 6.92 Å². The van der Waals surface area contributed by atoms with Crippen LogP contribution >= 0.6 is 0 Å². The molecule has 3 aromatic rings. The van der Waals surface area contributed by atoms with Gasteiger partial charge in [0, 0.05) is 32.0 Å². The smallest absolute Gasteiger partial charge is 0.416 e. The summed E-state index contributed by atoms with van der Waals surface area (Å²) >= 11 is 0. The minimum Gasteiger partial charge on any atom is -0.711 e. The number of carboxylic acids is 1. The van der Waals surface area contributed by atoms with Crippen molar-refractivity contribution in [1.82, 2.24) is 4.90 Å². The molecule has 0 unspecified atom stereocenters. The van der Waals surface area contributed by atoms with Crippen molar-refractivity contribution in [1.29, 1.82) is 0 Å². The van der Waals surface area contributed by atoms with E-state index in [1.54, 1.807) is 36.4 Å². The first kappa shape index (κ1) is 34.3. The van der Waals surface area contributed by atoms with Crippen LogP contribution in [0.3, 0.4) is 0 Å². The van der Waals surface area contributed by atoms with E-state index in [1.165, 1.54) is 28.1 Å². The van der Waals surface area contributed by atoms with Crippen molar-refractivity contribution in [2.75, 3.05) is 18.1 Å². The van der Waals surface area contributed by atoms with E-state index in [0.717, 1.165) is 42.5 Å². The number of aliphatic carboxylic acids is 1. The zero-order valence-corrected chi connectivity index (χ0v) is 25.7. The second-order valence-electron chi connectivity index (χ2n) is 11.4. The van der Waals surface area contributed by atoms with Crippen LogP contribution in [-0.2, 0) is 40.1 Å². The van der Waals surface area contributed by atoms with Crippen LogP contribution in [0.1, 0.15) is 67.7 Å². The second kappa shape index (κ2) is 15.6. The molecule has 1 atom stereocenters. The number of pyridine rings is 1. The molecular weight excluding hydrogens is 603 g/mol. The van der Waals surface area contributed by atoms with E-state index in [-0.39, 0.29) is 56.7 Å². The fraction of sp³-hybridized carbons (Fsp3) is 0.412. The molecule has 9 nitrogen and oxygen atoms in total. The number of ether oxygens (including phenoxy) is 1. The van der Waals surface area contributed by atoms with Crippen molar-refractivity contribution in [3.8, 4) is 5.75 Å². The zero-order valence-electron chi connectivity index (χ0n) is 25.7. The zero-order chi connectivity index (χ0) is 33.3. The fourth-order valence-corrected chi connectivity index (χ4v) is 5.53. The molecule has 46 heavy (non-hydrogen) atoms. The lowest BCUT2D eigenvalue weighted by Gasteiger charge is -2.24. The predicted octanol–water partition coefficient (Wildman–Crippen LogP) is 5.90. The van der Waals surface area contributed by atoms with Crippen LogP contribution in [0.15, 0.2) is 66.9 Å². The standard InChI is InChI=1S/C34H38F3N3O6/c1-2-3-4-9-31(41)39(30-8-5-6-17-40(30)45)16-7-18-46-29-15-12-25-19-26(21-32(42)43)33(44)38(23-27(25)20-29)22-24-10-13-28(14-11-24)34(35,36)37/h5-6,8,10-15,17,20,26H,2-4,7,9,16,18-19,21-23H2,1H3,(H,42,43)/t26-/m1/s1. The van der Waals surface area contributed by atoms with Gasteiger partial charge in [-0.05, 0) is 59.9 Å². The molecule has 12 heteroatoms. The molecule has 0 bridgehead atoms. The lowest BCUT2D eigenvalue weighted by Crippen LogP contribution is -2.42. The Morgan fingerprint density at radius 3 is 2.50 bits per heavy atom. The van der Waals surface area contributed by atoms with Crippen molar-refractivity contribution >= 4 is 23.6 Å². The quantitative estimate of drug-likeness (QED) is 0.133. The highest BCUT2D eigenvalue weighted by Gasteiger charge is 2.33. The average Bonchev–Trinajstić information content (AvgIpc) is 3.13. The number of anilines is 1. The number of benzene rings is 2. The van der Waals surface area contributed by atoms with Gasteiger partial charge in [-0.15, -0.1) is 0 Å². The third-order valence-electron chi connectivity index (χ3n) is 7.91. The number of carboxylic acid groups (broad SMARTS) is 1. The molecule has 2 aromatic carbocycles. The van der Waals surface area contributed by atoms with Crippen LogP contribution in [0.2, 0.25) is 0 Å². The Balaban J connectivity index is 1.46. The van der Waals surface area contributed by atoms with E-state index in [2.05, 4.69) is 0 Å². The normalized spacial score (nSPS) is 14.8. The Bertz CT molecular complexity index is 1510. The maximum absolute atomic E-state index is 13.4. The summed E-state index contributed by atoms with van der Waals surface area (Å²) in [6.45, 7) is 2.69. The summed E-state index contributed by atoms with van der Waals surface area (Å²) in [5.41, 5.74) is 1.22. The van der Waals surface area contributed by atoms with Gasteiger partial charge in [-0.2, -0.15) is 18.1 Å². The molecule has 4 rings (SSSR count). The third-order valence-corrected chi connectivity index (χ3v) is 7.91. The highest BCUT2D eigenvalue weighted by atomic mass is 19.4. The maximum atomic E-state index is 13.4. The van der Waals surface area contributed by atoms with E-state index < -0.39 is 23.6 Å². The van der Waals surface area contributed by atoms with Gasteiger partial charge in [0.1, 0.15) is 5.75 Å². The Morgan fingerprint density at radius 2 is 1.83 bits per heavy atom. The summed E-state index contributed by atoms with van der Waals surface area (Å²) in [7, 11) is 0. The summed E-state index contributed by atoms with van der Waals surface area (Å²) in [5.74, 6) is -1.71. The lowest BCUT2D eigenvalue weighted by molar-refractivity contribution is -0.591. The Hall–Kier alpha value is -4.61. The number of unbranched alkanes of at least 4 members (excludes halogenated alkanes) is 2. The largest absolute Gasteiger partial charge is 0.711 e. The molecule has 2 heterocycles. The maximum Gasteiger partial charge on any atom is 0.416 e. The van der Waals surface area contributed by atoms with Gasteiger partial charge < -0.3 is 20.0 Å². The molecule has 2 amide bonds.